The molecule has 0 bridgehead atoms. The van der Waals surface area contributed by atoms with Gasteiger partial charge in [0.05, 0.1) is 11.0 Å². The number of carbonyl (C=O) groups is 1. The van der Waals surface area contributed by atoms with Crippen LogP contribution in [0.15, 0.2) is 61.2 Å². The van der Waals surface area contributed by atoms with Crippen molar-refractivity contribution in [3.8, 4) is 0 Å². The van der Waals surface area contributed by atoms with Gasteiger partial charge in [0.15, 0.2) is 0 Å². The normalized spacial score (nSPS) is 17.2. The summed E-state index contributed by atoms with van der Waals surface area (Å²) < 4.78 is 2.22. The van der Waals surface area contributed by atoms with Crippen molar-refractivity contribution in [2.24, 2.45) is 0 Å². The molecule has 2 aromatic carbocycles. The van der Waals surface area contributed by atoms with Crippen LogP contribution in [0, 0.1) is 0 Å². The molecular formula is C21H20ClN3O. The molecule has 1 aromatic heterocycles. The molecule has 0 N–H and O–H groups in total. The van der Waals surface area contributed by atoms with E-state index in [0.717, 1.165) is 27.4 Å². The summed E-state index contributed by atoms with van der Waals surface area (Å²) in [4.78, 5) is 19.0. The van der Waals surface area contributed by atoms with Crippen LogP contribution in [0.5, 0.6) is 0 Å². The van der Waals surface area contributed by atoms with Crippen molar-refractivity contribution in [2.45, 2.75) is 18.9 Å². The Bertz CT molecular complexity index is 978. The summed E-state index contributed by atoms with van der Waals surface area (Å²) in [6, 6.07) is 16.0. The summed E-state index contributed by atoms with van der Waals surface area (Å²) in [6.07, 6.45) is 2.27. The highest BCUT2D eigenvalue weighted by Gasteiger charge is 2.33. The molecule has 1 atom stereocenters. The maximum absolute atomic E-state index is 12.3. The number of hydrogen-bond donors (Lipinski definition) is 0. The first kappa shape index (κ1) is 16.9. The smallest absolute Gasteiger partial charge is 0.223 e. The molecule has 26 heavy (non-hydrogen) atoms. The van der Waals surface area contributed by atoms with Gasteiger partial charge in [-0.2, -0.15) is 0 Å². The van der Waals surface area contributed by atoms with Gasteiger partial charge in [0, 0.05) is 37.0 Å². The minimum absolute atomic E-state index is 0.0917. The summed E-state index contributed by atoms with van der Waals surface area (Å²) in [5.74, 6) is 1.22. The Kier molecular flexibility index (Phi) is 4.51. The molecule has 0 unspecified atom stereocenters. The highest BCUT2D eigenvalue weighted by molar-refractivity contribution is 6.30. The number of halogens is 1. The van der Waals surface area contributed by atoms with Crippen LogP contribution in [0.4, 0.5) is 0 Å². The molecule has 2 heterocycles. The lowest BCUT2D eigenvalue weighted by atomic mass is 10.1. The number of carbonyl (C=O) groups excluding carboxylic acids is 1. The molecule has 0 aliphatic carbocycles. The second kappa shape index (κ2) is 6.96. The highest BCUT2D eigenvalue weighted by atomic mass is 35.5. The summed E-state index contributed by atoms with van der Waals surface area (Å²) in [5, 5.41) is 0.724. The maximum Gasteiger partial charge on any atom is 0.223 e. The number of aromatic nitrogens is 2. The zero-order chi connectivity index (χ0) is 18.1. The molecule has 1 aliphatic rings. The molecule has 4 nitrogen and oxygen atoms in total. The van der Waals surface area contributed by atoms with Crippen LogP contribution < -0.4 is 0 Å². The molecular weight excluding hydrogens is 346 g/mol. The highest BCUT2D eigenvalue weighted by Crippen LogP contribution is 2.31. The number of hydrogen-bond acceptors (Lipinski definition) is 2. The summed E-state index contributed by atoms with van der Waals surface area (Å²) in [5.41, 5.74) is 3.16. The van der Waals surface area contributed by atoms with Crippen molar-refractivity contribution in [1.29, 1.82) is 0 Å². The molecule has 132 valence electrons. The third-order valence-corrected chi connectivity index (χ3v) is 5.08. The monoisotopic (exact) mass is 365 g/mol. The Morgan fingerprint density at radius 2 is 2.08 bits per heavy atom. The van der Waals surface area contributed by atoms with E-state index in [0.29, 0.717) is 26.1 Å². The Hall–Kier alpha value is -2.59. The van der Waals surface area contributed by atoms with Gasteiger partial charge in [-0.05, 0) is 29.8 Å². The second-order valence-electron chi connectivity index (χ2n) is 6.66. The summed E-state index contributed by atoms with van der Waals surface area (Å²) in [6.45, 7) is 5.70. The molecule has 0 spiro atoms. The van der Waals surface area contributed by atoms with Crippen LogP contribution in [-0.4, -0.2) is 33.4 Å². The molecule has 1 saturated heterocycles. The van der Waals surface area contributed by atoms with Crippen LogP contribution in [0.25, 0.3) is 11.0 Å². The van der Waals surface area contributed by atoms with Crippen molar-refractivity contribution in [3.05, 3.63) is 77.6 Å². The van der Waals surface area contributed by atoms with Gasteiger partial charge < -0.3 is 9.47 Å². The number of para-hydroxylation sites is 2. The lowest BCUT2D eigenvalue weighted by Crippen LogP contribution is -2.25. The Morgan fingerprint density at radius 3 is 2.88 bits per heavy atom. The molecule has 1 amide bonds. The average molecular weight is 366 g/mol. The number of benzene rings is 2. The zero-order valence-corrected chi connectivity index (χ0v) is 15.2. The fourth-order valence-electron chi connectivity index (χ4n) is 3.67. The van der Waals surface area contributed by atoms with E-state index in [9.17, 15) is 4.79 Å². The average Bonchev–Trinajstić information content (AvgIpc) is 3.17. The van der Waals surface area contributed by atoms with Crippen LogP contribution in [-0.2, 0) is 11.3 Å². The van der Waals surface area contributed by atoms with Gasteiger partial charge in [-0.3, -0.25) is 4.79 Å². The molecule has 4 rings (SSSR count). The lowest BCUT2D eigenvalue weighted by Gasteiger charge is -2.16. The maximum atomic E-state index is 12.3. The third kappa shape index (κ3) is 3.13. The van der Waals surface area contributed by atoms with Crippen molar-refractivity contribution in [2.75, 3.05) is 13.1 Å². The van der Waals surface area contributed by atoms with Gasteiger partial charge in [-0.25, -0.2) is 4.98 Å². The standard InChI is InChI=1S/C21H20ClN3O/c1-2-10-24-14-16(12-20(24)26)21-23-18-8-3-4-9-19(18)25(21)13-15-6-5-7-17(22)11-15/h2-9,11,16H,1,10,12-14H2/t16-/m0/s1. The van der Waals surface area contributed by atoms with E-state index in [-0.39, 0.29) is 11.8 Å². The summed E-state index contributed by atoms with van der Waals surface area (Å²) in [7, 11) is 0. The molecule has 1 aliphatic heterocycles. The number of nitrogens with zero attached hydrogens (tertiary/aromatic N) is 3. The largest absolute Gasteiger partial charge is 0.338 e. The Balaban J connectivity index is 1.75. The first-order valence-corrected chi connectivity index (χ1v) is 9.12. The predicted molar refractivity (Wildman–Crippen MR) is 104 cm³/mol. The fourth-order valence-corrected chi connectivity index (χ4v) is 3.88. The van der Waals surface area contributed by atoms with Gasteiger partial charge in [0.1, 0.15) is 5.82 Å². The van der Waals surface area contributed by atoms with E-state index in [4.69, 9.17) is 16.6 Å². The van der Waals surface area contributed by atoms with E-state index in [1.54, 1.807) is 6.08 Å². The molecule has 0 saturated carbocycles. The first-order chi connectivity index (χ1) is 12.7. The topological polar surface area (TPSA) is 38.1 Å². The number of fused-ring (bicyclic) bond motifs is 1. The first-order valence-electron chi connectivity index (χ1n) is 8.74. The van der Waals surface area contributed by atoms with E-state index in [1.807, 2.05) is 41.3 Å². The van der Waals surface area contributed by atoms with Crippen molar-refractivity contribution in [3.63, 3.8) is 0 Å². The van der Waals surface area contributed by atoms with Gasteiger partial charge in [0.2, 0.25) is 5.91 Å². The molecule has 1 fully saturated rings. The van der Waals surface area contributed by atoms with E-state index in [1.165, 1.54) is 0 Å². The second-order valence-corrected chi connectivity index (χ2v) is 7.10. The van der Waals surface area contributed by atoms with Crippen LogP contribution in [0.1, 0.15) is 23.7 Å². The SMILES string of the molecule is C=CCN1C[C@@H](c2nc3ccccc3n2Cc2cccc(Cl)c2)CC1=O. The number of rotatable bonds is 5. The van der Waals surface area contributed by atoms with Gasteiger partial charge in [0.25, 0.3) is 0 Å². The molecule has 5 heteroatoms. The van der Waals surface area contributed by atoms with Crippen molar-refractivity contribution < 1.29 is 4.79 Å². The van der Waals surface area contributed by atoms with Crippen molar-refractivity contribution >= 4 is 28.5 Å². The summed E-state index contributed by atoms with van der Waals surface area (Å²) >= 11 is 6.16. The number of likely N-dealkylation sites (tertiary alicyclic amines) is 1. The minimum Gasteiger partial charge on any atom is -0.338 e. The fraction of sp³-hybridized carbons (Fsp3) is 0.238. The Morgan fingerprint density at radius 1 is 1.23 bits per heavy atom. The van der Waals surface area contributed by atoms with E-state index >= 15 is 0 Å². The lowest BCUT2D eigenvalue weighted by molar-refractivity contribution is -0.127. The zero-order valence-electron chi connectivity index (χ0n) is 14.4. The predicted octanol–water partition coefficient (Wildman–Crippen LogP) is 4.24. The Labute approximate surface area is 157 Å². The quantitative estimate of drug-likeness (QED) is 0.634. The van der Waals surface area contributed by atoms with E-state index in [2.05, 4.69) is 23.3 Å². The van der Waals surface area contributed by atoms with Crippen LogP contribution in [0.2, 0.25) is 5.02 Å². The van der Waals surface area contributed by atoms with Crippen molar-refractivity contribution in [1.82, 2.24) is 14.5 Å². The number of imidazole rings is 1. The molecule has 0 radical (unpaired) electrons. The number of amides is 1. The van der Waals surface area contributed by atoms with Crippen LogP contribution in [0.3, 0.4) is 0 Å². The van der Waals surface area contributed by atoms with Gasteiger partial charge in [-0.15, -0.1) is 6.58 Å². The van der Waals surface area contributed by atoms with Crippen LogP contribution >= 0.6 is 11.6 Å². The van der Waals surface area contributed by atoms with Gasteiger partial charge >= 0.3 is 0 Å². The third-order valence-electron chi connectivity index (χ3n) is 4.84. The van der Waals surface area contributed by atoms with E-state index < -0.39 is 0 Å². The minimum atomic E-state index is 0.0917. The van der Waals surface area contributed by atoms with Gasteiger partial charge in [-0.1, -0.05) is 41.9 Å². The molecule has 3 aromatic rings.